The van der Waals surface area contributed by atoms with Gasteiger partial charge in [-0.25, -0.2) is 4.39 Å². The predicted octanol–water partition coefficient (Wildman–Crippen LogP) is 4.98. The summed E-state index contributed by atoms with van der Waals surface area (Å²) in [6.45, 7) is 1.84. The number of hydrogen-bond acceptors (Lipinski definition) is 3. The average molecular weight is 433 g/mol. The molecule has 7 heteroatoms. The number of rotatable bonds is 4. The van der Waals surface area contributed by atoms with E-state index in [9.17, 15) is 14.0 Å². The van der Waals surface area contributed by atoms with E-state index in [-0.39, 0.29) is 11.1 Å². The molecule has 0 unspecified atom stereocenters. The summed E-state index contributed by atoms with van der Waals surface area (Å²) in [5.41, 5.74) is 7.18. The SMILES string of the molecule is Cc1sc(NC(=O)c2ccc(Br)cc2F)c(C(N)=O)c1-c1ccccc1. The van der Waals surface area contributed by atoms with E-state index >= 15 is 0 Å². The highest BCUT2D eigenvalue weighted by Crippen LogP contribution is 2.39. The summed E-state index contributed by atoms with van der Waals surface area (Å²) in [4.78, 5) is 25.4. The van der Waals surface area contributed by atoms with Crippen LogP contribution in [-0.4, -0.2) is 11.8 Å². The molecule has 0 fully saturated rings. The summed E-state index contributed by atoms with van der Waals surface area (Å²) in [6, 6.07) is 13.5. The average Bonchev–Trinajstić information content (AvgIpc) is 2.91. The molecule has 3 rings (SSSR count). The molecule has 0 aliphatic rings. The Morgan fingerprint density at radius 1 is 1.15 bits per heavy atom. The molecule has 0 saturated carbocycles. The van der Waals surface area contributed by atoms with Crippen LogP contribution in [0.15, 0.2) is 53.0 Å². The molecule has 0 bridgehead atoms. The number of hydrogen-bond donors (Lipinski definition) is 2. The number of amides is 2. The minimum Gasteiger partial charge on any atom is -0.365 e. The van der Waals surface area contributed by atoms with Gasteiger partial charge in [-0.1, -0.05) is 46.3 Å². The van der Waals surface area contributed by atoms with Gasteiger partial charge < -0.3 is 11.1 Å². The Kier molecular flexibility index (Phi) is 5.20. The van der Waals surface area contributed by atoms with E-state index in [0.717, 1.165) is 10.4 Å². The minimum absolute atomic E-state index is 0.115. The Labute approximate surface area is 162 Å². The van der Waals surface area contributed by atoms with E-state index < -0.39 is 17.6 Å². The lowest BCUT2D eigenvalue weighted by atomic mass is 10.0. The molecule has 0 atom stereocenters. The number of nitrogens with one attached hydrogen (secondary N) is 1. The molecule has 0 aliphatic carbocycles. The Hall–Kier alpha value is -2.51. The predicted molar refractivity (Wildman–Crippen MR) is 105 cm³/mol. The zero-order valence-corrected chi connectivity index (χ0v) is 16.1. The summed E-state index contributed by atoms with van der Waals surface area (Å²) in [5, 5.41) is 2.93. The zero-order chi connectivity index (χ0) is 18.8. The van der Waals surface area contributed by atoms with Crippen molar-refractivity contribution in [1.29, 1.82) is 0 Å². The minimum atomic E-state index is -0.658. The van der Waals surface area contributed by atoms with Crippen molar-refractivity contribution in [3.8, 4) is 11.1 Å². The first-order valence-corrected chi connectivity index (χ1v) is 9.24. The molecule has 3 N–H and O–H groups in total. The Balaban J connectivity index is 2.03. The topological polar surface area (TPSA) is 72.2 Å². The molecule has 4 nitrogen and oxygen atoms in total. The zero-order valence-electron chi connectivity index (χ0n) is 13.7. The largest absolute Gasteiger partial charge is 0.365 e. The number of primary amides is 1. The first kappa shape index (κ1) is 18.3. The number of nitrogens with two attached hydrogens (primary N) is 1. The van der Waals surface area contributed by atoms with Crippen molar-refractivity contribution in [2.24, 2.45) is 5.73 Å². The van der Waals surface area contributed by atoms with Crippen LogP contribution in [0.25, 0.3) is 11.1 Å². The van der Waals surface area contributed by atoms with Gasteiger partial charge in [0.1, 0.15) is 10.8 Å². The third-order valence-corrected chi connectivity index (χ3v) is 5.31. The third-order valence-electron chi connectivity index (χ3n) is 3.80. The maximum atomic E-state index is 14.0. The van der Waals surface area contributed by atoms with Gasteiger partial charge in [-0.05, 0) is 30.7 Å². The van der Waals surface area contributed by atoms with E-state index in [0.29, 0.717) is 15.0 Å². The molecule has 3 aromatic rings. The lowest BCUT2D eigenvalue weighted by Gasteiger charge is -2.08. The molecule has 0 saturated heterocycles. The number of carbonyl (C=O) groups is 2. The van der Waals surface area contributed by atoms with Crippen molar-refractivity contribution >= 4 is 44.1 Å². The summed E-state index contributed by atoms with van der Waals surface area (Å²) >= 11 is 4.38. The second-order valence-electron chi connectivity index (χ2n) is 5.55. The molecule has 0 aliphatic heterocycles. The van der Waals surface area contributed by atoms with Gasteiger partial charge in [-0.2, -0.15) is 0 Å². The summed E-state index contributed by atoms with van der Waals surface area (Å²) in [6.07, 6.45) is 0. The van der Waals surface area contributed by atoms with Crippen LogP contribution in [-0.2, 0) is 0 Å². The molecular formula is C19H14BrFN2O2S. The van der Waals surface area contributed by atoms with Crippen LogP contribution in [0.1, 0.15) is 25.6 Å². The van der Waals surface area contributed by atoms with Gasteiger partial charge in [0.25, 0.3) is 11.8 Å². The third kappa shape index (κ3) is 3.54. The van der Waals surface area contributed by atoms with Crippen LogP contribution in [0.3, 0.4) is 0 Å². The number of benzene rings is 2. The Morgan fingerprint density at radius 3 is 2.46 bits per heavy atom. The fourth-order valence-electron chi connectivity index (χ4n) is 2.66. The van der Waals surface area contributed by atoms with Crippen LogP contribution < -0.4 is 11.1 Å². The van der Waals surface area contributed by atoms with Gasteiger partial charge in [0.05, 0.1) is 11.1 Å². The Bertz CT molecular complexity index is 1000. The number of carbonyl (C=O) groups excluding carboxylic acids is 2. The second-order valence-corrected chi connectivity index (χ2v) is 7.69. The fraction of sp³-hybridized carbons (Fsp3) is 0.0526. The highest BCUT2D eigenvalue weighted by atomic mass is 79.9. The second kappa shape index (κ2) is 7.39. The van der Waals surface area contributed by atoms with E-state index in [1.807, 2.05) is 37.3 Å². The van der Waals surface area contributed by atoms with Crippen molar-refractivity contribution in [1.82, 2.24) is 0 Å². The van der Waals surface area contributed by atoms with Gasteiger partial charge >= 0.3 is 0 Å². The van der Waals surface area contributed by atoms with Gasteiger partial charge in [0, 0.05) is 14.9 Å². The van der Waals surface area contributed by atoms with E-state index in [4.69, 9.17) is 5.73 Å². The lowest BCUT2D eigenvalue weighted by molar-refractivity contribution is 0.100. The number of aryl methyl sites for hydroxylation is 1. The molecule has 1 aromatic heterocycles. The molecule has 132 valence electrons. The van der Waals surface area contributed by atoms with Crippen LogP contribution >= 0.6 is 27.3 Å². The molecule has 2 amide bonds. The van der Waals surface area contributed by atoms with Crippen LogP contribution in [0.4, 0.5) is 9.39 Å². The summed E-state index contributed by atoms with van der Waals surface area (Å²) in [7, 11) is 0. The van der Waals surface area contributed by atoms with E-state index in [1.54, 1.807) is 6.07 Å². The maximum absolute atomic E-state index is 14.0. The number of anilines is 1. The van der Waals surface area contributed by atoms with Crippen molar-refractivity contribution in [3.05, 3.63) is 74.8 Å². The quantitative estimate of drug-likeness (QED) is 0.610. The normalized spacial score (nSPS) is 10.6. The highest BCUT2D eigenvalue weighted by Gasteiger charge is 2.23. The molecular weight excluding hydrogens is 419 g/mol. The van der Waals surface area contributed by atoms with Crippen molar-refractivity contribution < 1.29 is 14.0 Å². The highest BCUT2D eigenvalue weighted by molar-refractivity contribution is 9.10. The van der Waals surface area contributed by atoms with Gasteiger partial charge in [0.15, 0.2) is 0 Å². The first-order valence-electron chi connectivity index (χ1n) is 7.63. The number of halogens is 2. The van der Waals surface area contributed by atoms with E-state index in [1.165, 1.54) is 23.5 Å². The standard InChI is InChI=1S/C19H14BrFN2O2S/c1-10-15(11-5-3-2-4-6-11)16(17(22)24)19(26-10)23-18(25)13-8-7-12(20)9-14(13)21/h2-9H,1H3,(H2,22,24)(H,23,25). The molecule has 0 spiro atoms. The van der Waals surface area contributed by atoms with Crippen LogP contribution in [0.2, 0.25) is 0 Å². The first-order chi connectivity index (χ1) is 12.4. The maximum Gasteiger partial charge on any atom is 0.259 e. The molecule has 0 radical (unpaired) electrons. The van der Waals surface area contributed by atoms with Crippen molar-refractivity contribution in [2.75, 3.05) is 5.32 Å². The number of thiophene rings is 1. The summed E-state index contributed by atoms with van der Waals surface area (Å²) in [5.74, 6) is -1.95. The molecule has 26 heavy (non-hydrogen) atoms. The summed E-state index contributed by atoms with van der Waals surface area (Å²) < 4.78 is 14.6. The van der Waals surface area contributed by atoms with Gasteiger partial charge in [-0.15, -0.1) is 11.3 Å². The van der Waals surface area contributed by atoms with Crippen molar-refractivity contribution in [2.45, 2.75) is 6.92 Å². The lowest BCUT2D eigenvalue weighted by Crippen LogP contribution is -2.18. The van der Waals surface area contributed by atoms with Gasteiger partial charge in [-0.3, -0.25) is 9.59 Å². The molecule has 2 aromatic carbocycles. The van der Waals surface area contributed by atoms with E-state index in [2.05, 4.69) is 21.2 Å². The monoisotopic (exact) mass is 432 g/mol. The van der Waals surface area contributed by atoms with Gasteiger partial charge in [0.2, 0.25) is 0 Å². The van der Waals surface area contributed by atoms with Crippen LogP contribution in [0.5, 0.6) is 0 Å². The fourth-order valence-corrected chi connectivity index (χ4v) is 4.07. The molecule has 1 heterocycles. The van der Waals surface area contributed by atoms with Crippen molar-refractivity contribution in [3.63, 3.8) is 0 Å². The smallest absolute Gasteiger partial charge is 0.259 e. The van der Waals surface area contributed by atoms with Crippen LogP contribution in [0, 0.1) is 12.7 Å². The Morgan fingerprint density at radius 2 is 1.85 bits per heavy atom.